The second kappa shape index (κ2) is 4.91. The summed E-state index contributed by atoms with van der Waals surface area (Å²) >= 11 is 5.89. The number of nitrogens with zero attached hydrogens (tertiary/aromatic N) is 1. The minimum absolute atomic E-state index is 0.0205. The Balaban J connectivity index is 2.57. The molecule has 3 N–H and O–H groups in total. The minimum Gasteiger partial charge on any atom is -0.382 e. The summed E-state index contributed by atoms with van der Waals surface area (Å²) in [5.74, 6) is -1.87. The van der Waals surface area contributed by atoms with Gasteiger partial charge in [0.05, 0.1) is 12.3 Å². The lowest BCUT2D eigenvalue weighted by Crippen LogP contribution is -2.00. The van der Waals surface area contributed by atoms with Crippen LogP contribution in [0.2, 0.25) is 5.02 Å². The monoisotopic (exact) mass is 273 g/mol. The van der Waals surface area contributed by atoms with Crippen LogP contribution in [0.5, 0.6) is 0 Å². The van der Waals surface area contributed by atoms with Gasteiger partial charge in [0.15, 0.2) is 11.6 Å². The number of aromatic nitrogens is 2. The molecule has 2 rings (SSSR count). The minimum atomic E-state index is -1.03. The van der Waals surface area contributed by atoms with Crippen molar-refractivity contribution >= 4 is 17.4 Å². The number of ether oxygens (including phenoxy) is 1. The van der Waals surface area contributed by atoms with E-state index < -0.39 is 11.6 Å². The third-order valence-electron chi connectivity index (χ3n) is 2.43. The highest BCUT2D eigenvalue weighted by molar-refractivity contribution is 6.31. The summed E-state index contributed by atoms with van der Waals surface area (Å²) in [6.07, 6.45) is 0. The molecule has 2 aromatic rings. The van der Waals surface area contributed by atoms with Gasteiger partial charge in [-0.1, -0.05) is 11.6 Å². The Bertz CT molecular complexity index is 586. The average Bonchev–Trinajstić information content (AvgIpc) is 2.76. The first-order valence-corrected chi connectivity index (χ1v) is 5.39. The second-order valence-corrected chi connectivity index (χ2v) is 4.06. The molecular formula is C11H10ClF2N3O. The summed E-state index contributed by atoms with van der Waals surface area (Å²) in [6.45, 7) is -0.104. The number of benzene rings is 1. The zero-order valence-corrected chi connectivity index (χ0v) is 10.2. The van der Waals surface area contributed by atoms with Gasteiger partial charge in [-0.3, -0.25) is 5.10 Å². The first kappa shape index (κ1) is 12.8. The van der Waals surface area contributed by atoms with Crippen molar-refractivity contribution in [2.24, 2.45) is 0 Å². The average molecular weight is 274 g/mol. The smallest absolute Gasteiger partial charge is 0.168 e. The predicted octanol–water partition coefficient (Wildman–Crippen LogP) is 2.74. The summed E-state index contributed by atoms with van der Waals surface area (Å²) in [5, 5.41) is 6.23. The van der Waals surface area contributed by atoms with Gasteiger partial charge in [0.25, 0.3) is 0 Å². The molecule has 0 fully saturated rings. The highest BCUT2D eigenvalue weighted by Crippen LogP contribution is 2.31. The highest BCUT2D eigenvalue weighted by Gasteiger charge is 2.19. The summed E-state index contributed by atoms with van der Waals surface area (Å²) in [6, 6.07) is 2.70. The lowest BCUT2D eigenvalue weighted by Gasteiger charge is -2.09. The van der Waals surface area contributed by atoms with E-state index in [2.05, 4.69) is 10.2 Å². The van der Waals surface area contributed by atoms with E-state index in [1.54, 1.807) is 0 Å². The Morgan fingerprint density at radius 1 is 1.39 bits per heavy atom. The number of rotatable bonds is 3. The SMILES string of the molecule is COCc1c(Cl)cc(-c2cc(N)n[nH]2)c(F)c1F. The zero-order chi connectivity index (χ0) is 13.3. The molecule has 0 amide bonds. The zero-order valence-electron chi connectivity index (χ0n) is 9.43. The highest BCUT2D eigenvalue weighted by atomic mass is 35.5. The lowest BCUT2D eigenvalue weighted by atomic mass is 10.1. The van der Waals surface area contributed by atoms with Gasteiger partial charge in [0, 0.05) is 29.3 Å². The summed E-state index contributed by atoms with van der Waals surface area (Å²) in [5.41, 5.74) is 5.62. The normalized spacial score (nSPS) is 10.9. The Hall–Kier alpha value is -1.66. The number of aromatic amines is 1. The number of halogens is 3. The van der Waals surface area contributed by atoms with E-state index in [9.17, 15) is 8.78 Å². The maximum absolute atomic E-state index is 13.9. The van der Waals surface area contributed by atoms with Gasteiger partial charge in [0.1, 0.15) is 5.82 Å². The molecule has 96 valence electrons. The first-order chi connectivity index (χ1) is 8.54. The second-order valence-electron chi connectivity index (χ2n) is 3.65. The molecule has 0 bridgehead atoms. The van der Waals surface area contributed by atoms with Crippen molar-refractivity contribution in [2.75, 3.05) is 12.8 Å². The first-order valence-electron chi connectivity index (χ1n) is 5.01. The third kappa shape index (κ3) is 2.16. The van der Waals surface area contributed by atoms with E-state index in [0.717, 1.165) is 0 Å². The van der Waals surface area contributed by atoms with Gasteiger partial charge in [-0.05, 0) is 6.07 Å². The molecule has 0 aliphatic rings. The largest absolute Gasteiger partial charge is 0.382 e. The molecule has 4 nitrogen and oxygen atoms in total. The van der Waals surface area contributed by atoms with Crippen LogP contribution >= 0.6 is 11.6 Å². The fraction of sp³-hybridized carbons (Fsp3) is 0.182. The molecule has 7 heteroatoms. The fourth-order valence-electron chi connectivity index (χ4n) is 1.58. The van der Waals surface area contributed by atoms with Crippen LogP contribution < -0.4 is 5.73 Å². The van der Waals surface area contributed by atoms with E-state index in [1.165, 1.54) is 19.2 Å². The van der Waals surface area contributed by atoms with Gasteiger partial charge in [-0.15, -0.1) is 0 Å². The topological polar surface area (TPSA) is 63.9 Å². The molecule has 0 atom stereocenters. The van der Waals surface area contributed by atoms with Crippen LogP contribution in [0.15, 0.2) is 12.1 Å². The number of nitrogen functional groups attached to an aromatic ring is 1. The number of hydrogen-bond donors (Lipinski definition) is 2. The third-order valence-corrected chi connectivity index (χ3v) is 2.77. The van der Waals surface area contributed by atoms with Crippen molar-refractivity contribution in [3.63, 3.8) is 0 Å². The summed E-state index contributed by atoms with van der Waals surface area (Å²) in [4.78, 5) is 0. The number of anilines is 1. The molecule has 0 saturated heterocycles. The van der Waals surface area contributed by atoms with Crippen LogP contribution in [0, 0.1) is 11.6 Å². The number of nitrogens with one attached hydrogen (secondary N) is 1. The van der Waals surface area contributed by atoms with Gasteiger partial charge in [-0.25, -0.2) is 8.78 Å². The number of methoxy groups -OCH3 is 1. The van der Waals surface area contributed by atoms with Crippen molar-refractivity contribution in [3.05, 3.63) is 34.4 Å². The molecule has 0 saturated carbocycles. The molecule has 1 aromatic carbocycles. The molecule has 0 unspecified atom stereocenters. The molecule has 0 radical (unpaired) electrons. The van der Waals surface area contributed by atoms with Crippen molar-refractivity contribution in [3.8, 4) is 11.3 Å². The standard InChI is InChI=1S/C11H10ClF2N3O/c1-18-4-6-7(12)2-5(10(13)11(6)14)8-3-9(15)17-16-8/h2-3H,4H2,1H3,(H3,15,16,17). The Morgan fingerprint density at radius 2 is 2.11 bits per heavy atom. The van der Waals surface area contributed by atoms with E-state index in [4.69, 9.17) is 22.1 Å². The van der Waals surface area contributed by atoms with Crippen molar-refractivity contribution < 1.29 is 13.5 Å². The molecule has 0 spiro atoms. The van der Waals surface area contributed by atoms with E-state index >= 15 is 0 Å². The Labute approximate surface area is 107 Å². The van der Waals surface area contributed by atoms with E-state index in [-0.39, 0.29) is 34.3 Å². The maximum Gasteiger partial charge on any atom is 0.168 e. The number of hydrogen-bond acceptors (Lipinski definition) is 3. The molecule has 0 aliphatic carbocycles. The van der Waals surface area contributed by atoms with E-state index in [0.29, 0.717) is 0 Å². The van der Waals surface area contributed by atoms with Crippen LogP contribution in [-0.2, 0) is 11.3 Å². The van der Waals surface area contributed by atoms with Gasteiger partial charge in [-0.2, -0.15) is 5.10 Å². The molecule has 1 heterocycles. The molecule has 18 heavy (non-hydrogen) atoms. The van der Waals surface area contributed by atoms with Crippen molar-refractivity contribution in [1.82, 2.24) is 10.2 Å². The van der Waals surface area contributed by atoms with Gasteiger partial charge in [0.2, 0.25) is 0 Å². The van der Waals surface area contributed by atoms with Crippen molar-refractivity contribution in [1.29, 1.82) is 0 Å². The van der Waals surface area contributed by atoms with Crippen LogP contribution in [0.1, 0.15) is 5.56 Å². The molecular weight excluding hydrogens is 264 g/mol. The van der Waals surface area contributed by atoms with Crippen LogP contribution in [-0.4, -0.2) is 17.3 Å². The van der Waals surface area contributed by atoms with Crippen LogP contribution in [0.3, 0.4) is 0 Å². The lowest BCUT2D eigenvalue weighted by molar-refractivity contribution is 0.180. The molecule has 0 aliphatic heterocycles. The van der Waals surface area contributed by atoms with Crippen molar-refractivity contribution in [2.45, 2.75) is 6.61 Å². The Kier molecular flexibility index (Phi) is 3.49. The van der Waals surface area contributed by atoms with E-state index in [1.807, 2.05) is 0 Å². The summed E-state index contributed by atoms with van der Waals surface area (Å²) < 4.78 is 32.4. The predicted molar refractivity (Wildman–Crippen MR) is 64.1 cm³/mol. The molecule has 1 aromatic heterocycles. The fourth-order valence-corrected chi connectivity index (χ4v) is 1.83. The number of H-pyrrole nitrogens is 1. The summed E-state index contributed by atoms with van der Waals surface area (Å²) in [7, 11) is 1.37. The van der Waals surface area contributed by atoms with Gasteiger partial charge < -0.3 is 10.5 Å². The number of nitrogens with two attached hydrogens (primary N) is 1. The Morgan fingerprint density at radius 3 is 2.67 bits per heavy atom. The maximum atomic E-state index is 13.9. The van der Waals surface area contributed by atoms with Crippen LogP contribution in [0.4, 0.5) is 14.6 Å². The van der Waals surface area contributed by atoms with Gasteiger partial charge >= 0.3 is 0 Å². The van der Waals surface area contributed by atoms with Crippen LogP contribution in [0.25, 0.3) is 11.3 Å². The quantitative estimate of drug-likeness (QED) is 0.845.